The molecule has 104 valence electrons. The van der Waals surface area contributed by atoms with Crippen LogP contribution in [0.4, 0.5) is 10.1 Å². The number of benzene rings is 1. The molecule has 0 fully saturated rings. The van der Waals surface area contributed by atoms with Crippen LogP contribution in [0.5, 0.6) is 5.75 Å². The molecule has 6 heteroatoms. The molecule has 0 aliphatic carbocycles. The van der Waals surface area contributed by atoms with Gasteiger partial charge in [0, 0.05) is 13.0 Å². The number of carbonyl (C=O) groups excluding carboxylic acids is 1. The Kier molecular flexibility index (Phi) is 2.93. The van der Waals surface area contributed by atoms with Crippen molar-refractivity contribution in [2.45, 2.75) is 13.8 Å². The van der Waals surface area contributed by atoms with E-state index in [2.05, 4.69) is 4.98 Å². The first-order chi connectivity index (χ1) is 9.56. The van der Waals surface area contributed by atoms with Crippen LogP contribution in [0.1, 0.15) is 22.1 Å². The zero-order valence-corrected chi connectivity index (χ0v) is 11.1. The Morgan fingerprint density at radius 2 is 2.20 bits per heavy atom. The second-order valence-electron chi connectivity index (χ2n) is 4.56. The Hall–Kier alpha value is -2.37. The average Bonchev–Trinajstić information content (AvgIpc) is 2.76. The number of carbonyl (C=O) groups is 1. The quantitative estimate of drug-likeness (QED) is 0.803. The predicted molar refractivity (Wildman–Crippen MR) is 69.5 cm³/mol. The van der Waals surface area contributed by atoms with E-state index in [1.165, 1.54) is 23.1 Å². The highest BCUT2D eigenvalue weighted by molar-refractivity contribution is 6.05. The van der Waals surface area contributed by atoms with Gasteiger partial charge in [-0.1, -0.05) is 0 Å². The zero-order chi connectivity index (χ0) is 14.3. The molecule has 1 aromatic carbocycles. The molecule has 0 saturated carbocycles. The smallest absolute Gasteiger partial charge is 0.296 e. The SMILES string of the molecule is Cc1nc(C)c(C(=O)N2CCOc3cc(F)ccc32)o1. The maximum Gasteiger partial charge on any atom is 0.296 e. The summed E-state index contributed by atoms with van der Waals surface area (Å²) in [6.45, 7) is 4.10. The number of ether oxygens (including phenoxy) is 1. The molecule has 2 heterocycles. The number of amides is 1. The van der Waals surface area contributed by atoms with Crippen molar-refractivity contribution >= 4 is 11.6 Å². The molecule has 0 atom stereocenters. The molecular weight excluding hydrogens is 263 g/mol. The van der Waals surface area contributed by atoms with E-state index < -0.39 is 5.82 Å². The number of aryl methyl sites for hydroxylation is 2. The van der Waals surface area contributed by atoms with Gasteiger partial charge in [0.2, 0.25) is 5.76 Å². The fraction of sp³-hybridized carbons (Fsp3) is 0.286. The zero-order valence-electron chi connectivity index (χ0n) is 11.1. The van der Waals surface area contributed by atoms with Crippen LogP contribution in [0.2, 0.25) is 0 Å². The third-order valence-corrected chi connectivity index (χ3v) is 3.13. The lowest BCUT2D eigenvalue weighted by atomic mass is 10.2. The van der Waals surface area contributed by atoms with Crippen LogP contribution in [0.25, 0.3) is 0 Å². The number of nitrogens with zero attached hydrogens (tertiary/aromatic N) is 2. The first-order valence-electron chi connectivity index (χ1n) is 6.24. The van der Waals surface area contributed by atoms with Gasteiger partial charge in [-0.2, -0.15) is 0 Å². The van der Waals surface area contributed by atoms with Crippen LogP contribution < -0.4 is 9.64 Å². The van der Waals surface area contributed by atoms with E-state index in [0.717, 1.165) is 0 Å². The summed E-state index contributed by atoms with van der Waals surface area (Å²) in [4.78, 5) is 18.1. The van der Waals surface area contributed by atoms with E-state index in [0.29, 0.717) is 36.2 Å². The lowest BCUT2D eigenvalue weighted by Crippen LogP contribution is -2.38. The maximum absolute atomic E-state index is 13.2. The molecule has 0 spiro atoms. The highest BCUT2D eigenvalue weighted by atomic mass is 19.1. The summed E-state index contributed by atoms with van der Waals surface area (Å²) in [5.41, 5.74) is 1.08. The second kappa shape index (κ2) is 4.63. The number of anilines is 1. The Balaban J connectivity index is 2.00. The largest absolute Gasteiger partial charge is 0.489 e. The van der Waals surface area contributed by atoms with E-state index in [1.54, 1.807) is 13.8 Å². The fourth-order valence-corrected chi connectivity index (χ4v) is 2.26. The molecule has 0 unspecified atom stereocenters. The molecule has 20 heavy (non-hydrogen) atoms. The number of hydrogen-bond donors (Lipinski definition) is 0. The molecule has 0 radical (unpaired) electrons. The number of fused-ring (bicyclic) bond motifs is 1. The molecule has 2 aromatic rings. The van der Waals surface area contributed by atoms with Crippen LogP contribution in [-0.4, -0.2) is 24.0 Å². The van der Waals surface area contributed by atoms with Crippen molar-refractivity contribution in [3.63, 3.8) is 0 Å². The van der Waals surface area contributed by atoms with Crippen LogP contribution >= 0.6 is 0 Å². The van der Waals surface area contributed by atoms with E-state index in [-0.39, 0.29) is 11.7 Å². The van der Waals surface area contributed by atoms with Crippen molar-refractivity contribution < 1.29 is 18.3 Å². The molecule has 0 saturated heterocycles. The predicted octanol–water partition coefficient (Wildman–Crippen LogP) is 2.47. The van der Waals surface area contributed by atoms with Crippen molar-refractivity contribution in [3.05, 3.63) is 41.4 Å². The standard InChI is InChI=1S/C14H13FN2O3/c1-8-13(20-9(2)16-8)14(18)17-5-6-19-12-7-10(15)3-4-11(12)17/h3-4,7H,5-6H2,1-2H3. The van der Waals surface area contributed by atoms with Gasteiger partial charge in [-0.05, 0) is 19.1 Å². The van der Waals surface area contributed by atoms with Crippen LogP contribution in [0.3, 0.4) is 0 Å². The normalized spacial score (nSPS) is 13.8. The number of rotatable bonds is 1. The highest BCUT2D eigenvalue weighted by Crippen LogP contribution is 2.33. The minimum absolute atomic E-state index is 0.208. The number of halogens is 1. The lowest BCUT2D eigenvalue weighted by Gasteiger charge is -2.28. The van der Waals surface area contributed by atoms with Gasteiger partial charge in [0.15, 0.2) is 5.89 Å². The summed E-state index contributed by atoms with van der Waals surface area (Å²) in [7, 11) is 0. The van der Waals surface area contributed by atoms with Gasteiger partial charge in [-0.25, -0.2) is 9.37 Å². The first kappa shape index (κ1) is 12.7. The summed E-state index contributed by atoms with van der Waals surface area (Å²) >= 11 is 0. The summed E-state index contributed by atoms with van der Waals surface area (Å²) in [6.07, 6.45) is 0. The molecule has 5 nitrogen and oxygen atoms in total. The average molecular weight is 276 g/mol. The van der Waals surface area contributed by atoms with Crippen molar-refractivity contribution in [3.8, 4) is 5.75 Å². The minimum Gasteiger partial charge on any atom is -0.489 e. The van der Waals surface area contributed by atoms with Crippen molar-refractivity contribution in [2.75, 3.05) is 18.1 Å². The molecule has 1 amide bonds. The topological polar surface area (TPSA) is 55.6 Å². The van der Waals surface area contributed by atoms with Crippen LogP contribution in [0.15, 0.2) is 22.6 Å². The third-order valence-electron chi connectivity index (χ3n) is 3.13. The molecule has 1 aliphatic heterocycles. The molecule has 0 bridgehead atoms. The Labute approximate surface area is 115 Å². The molecule has 1 aromatic heterocycles. The van der Waals surface area contributed by atoms with Crippen molar-refractivity contribution in [1.82, 2.24) is 4.98 Å². The van der Waals surface area contributed by atoms with Crippen LogP contribution in [0, 0.1) is 19.7 Å². The number of oxazole rings is 1. The monoisotopic (exact) mass is 276 g/mol. The number of hydrogen-bond acceptors (Lipinski definition) is 4. The van der Waals surface area contributed by atoms with Crippen molar-refractivity contribution in [1.29, 1.82) is 0 Å². The minimum atomic E-state index is -0.398. The van der Waals surface area contributed by atoms with E-state index in [1.807, 2.05) is 0 Å². The van der Waals surface area contributed by atoms with Gasteiger partial charge < -0.3 is 9.15 Å². The van der Waals surface area contributed by atoms with E-state index in [9.17, 15) is 9.18 Å². The van der Waals surface area contributed by atoms with E-state index in [4.69, 9.17) is 9.15 Å². The van der Waals surface area contributed by atoms with Gasteiger partial charge in [0.25, 0.3) is 5.91 Å². The van der Waals surface area contributed by atoms with Gasteiger partial charge in [0.05, 0.1) is 17.9 Å². The summed E-state index contributed by atoms with van der Waals surface area (Å²) in [5, 5.41) is 0. The Morgan fingerprint density at radius 1 is 1.40 bits per heavy atom. The molecular formula is C14H13FN2O3. The molecule has 1 aliphatic rings. The molecule has 3 rings (SSSR count). The van der Waals surface area contributed by atoms with Gasteiger partial charge in [0.1, 0.15) is 18.2 Å². The second-order valence-corrected chi connectivity index (χ2v) is 4.56. The first-order valence-corrected chi connectivity index (χ1v) is 6.24. The highest BCUT2D eigenvalue weighted by Gasteiger charge is 2.28. The Morgan fingerprint density at radius 3 is 2.90 bits per heavy atom. The summed E-state index contributed by atoms with van der Waals surface area (Å²) in [5.74, 6) is 0.320. The lowest BCUT2D eigenvalue weighted by molar-refractivity contribution is 0.0947. The van der Waals surface area contributed by atoms with Gasteiger partial charge in [-0.15, -0.1) is 0 Å². The summed E-state index contributed by atoms with van der Waals surface area (Å²) in [6, 6.07) is 4.10. The van der Waals surface area contributed by atoms with E-state index >= 15 is 0 Å². The van der Waals surface area contributed by atoms with Gasteiger partial charge in [-0.3, -0.25) is 9.69 Å². The van der Waals surface area contributed by atoms with Crippen molar-refractivity contribution in [2.24, 2.45) is 0 Å². The third kappa shape index (κ3) is 2.03. The van der Waals surface area contributed by atoms with Crippen LogP contribution in [-0.2, 0) is 0 Å². The Bertz CT molecular complexity index is 681. The fourth-order valence-electron chi connectivity index (χ4n) is 2.26. The summed E-state index contributed by atoms with van der Waals surface area (Å²) < 4.78 is 23.9. The number of aromatic nitrogens is 1. The molecule has 0 N–H and O–H groups in total. The maximum atomic E-state index is 13.2. The van der Waals surface area contributed by atoms with Gasteiger partial charge >= 0.3 is 0 Å².